The summed E-state index contributed by atoms with van der Waals surface area (Å²) in [5, 5.41) is 13.6. The number of hydrogen-bond acceptors (Lipinski definition) is 7. The molecular weight excluding hydrogens is 398 g/mol. The maximum absolute atomic E-state index is 12.4. The summed E-state index contributed by atoms with van der Waals surface area (Å²) in [5.41, 5.74) is 0.699. The molecule has 1 aliphatic rings. The lowest BCUT2D eigenvalue weighted by molar-refractivity contribution is -0.150. The van der Waals surface area contributed by atoms with Gasteiger partial charge in [-0.25, -0.2) is 9.59 Å². The molecule has 11 heteroatoms. The SMILES string of the molecule is COc1ccc(C(=O)NCCOCCOC(C)C(=O)O)cc1N1CCC(=O)NC1=O. The standard InChI is InChI=1S/C19H25N3O8/c1-12(18(25)26)30-10-9-29-8-6-20-17(24)13-3-4-15(28-2)14(11-13)22-7-5-16(23)21-19(22)27/h3-4,11-12H,5-10H2,1-2H3,(H,20,24)(H,25,26)(H,21,23,27). The number of hydrogen-bond donors (Lipinski definition) is 3. The number of carboxylic acids is 1. The fraction of sp³-hybridized carbons (Fsp3) is 0.474. The minimum atomic E-state index is -1.05. The molecule has 0 aliphatic carbocycles. The van der Waals surface area contributed by atoms with Gasteiger partial charge in [0.2, 0.25) is 5.91 Å². The van der Waals surface area contributed by atoms with Crippen LogP contribution in [0.5, 0.6) is 5.75 Å². The van der Waals surface area contributed by atoms with Gasteiger partial charge in [-0.3, -0.25) is 19.8 Å². The first kappa shape index (κ1) is 23.1. The number of anilines is 1. The highest BCUT2D eigenvalue weighted by molar-refractivity contribution is 6.07. The van der Waals surface area contributed by atoms with E-state index in [0.29, 0.717) is 17.0 Å². The van der Waals surface area contributed by atoms with E-state index in [2.05, 4.69) is 10.6 Å². The molecule has 1 aliphatic heterocycles. The number of nitrogens with one attached hydrogen (secondary N) is 2. The quantitative estimate of drug-likeness (QED) is 0.433. The van der Waals surface area contributed by atoms with Crippen LogP contribution in [0.4, 0.5) is 10.5 Å². The summed E-state index contributed by atoms with van der Waals surface area (Å²) in [4.78, 5) is 47.8. The zero-order valence-corrected chi connectivity index (χ0v) is 16.8. The maximum Gasteiger partial charge on any atom is 0.332 e. The Morgan fingerprint density at radius 2 is 2.03 bits per heavy atom. The molecule has 4 amide bonds. The van der Waals surface area contributed by atoms with Gasteiger partial charge in [0.1, 0.15) is 5.75 Å². The lowest BCUT2D eigenvalue weighted by Gasteiger charge is -2.28. The third-order valence-corrected chi connectivity index (χ3v) is 4.26. The van der Waals surface area contributed by atoms with E-state index >= 15 is 0 Å². The fourth-order valence-electron chi connectivity index (χ4n) is 2.63. The summed E-state index contributed by atoms with van der Waals surface area (Å²) >= 11 is 0. The summed E-state index contributed by atoms with van der Waals surface area (Å²) in [7, 11) is 1.45. The Bertz CT molecular complexity index is 798. The minimum Gasteiger partial charge on any atom is -0.495 e. The molecule has 164 valence electrons. The highest BCUT2D eigenvalue weighted by Gasteiger charge is 2.27. The van der Waals surface area contributed by atoms with Gasteiger partial charge in [0, 0.05) is 25.1 Å². The minimum absolute atomic E-state index is 0.129. The third-order valence-electron chi connectivity index (χ3n) is 4.26. The number of carboxylic acid groups (broad SMARTS) is 1. The van der Waals surface area contributed by atoms with E-state index in [1.54, 1.807) is 12.1 Å². The van der Waals surface area contributed by atoms with Crippen LogP contribution >= 0.6 is 0 Å². The van der Waals surface area contributed by atoms with Crippen LogP contribution in [0.2, 0.25) is 0 Å². The number of methoxy groups -OCH3 is 1. The molecule has 2 rings (SSSR count). The number of carbonyl (C=O) groups is 4. The van der Waals surface area contributed by atoms with Crippen molar-refractivity contribution >= 4 is 29.5 Å². The predicted octanol–water partition coefficient (Wildman–Crippen LogP) is 0.378. The number of aliphatic carboxylic acids is 1. The summed E-state index contributed by atoms with van der Waals surface area (Å²) in [5.74, 6) is -1.37. The van der Waals surface area contributed by atoms with Crippen LogP contribution in [-0.4, -0.2) is 75.0 Å². The maximum atomic E-state index is 12.4. The molecule has 11 nitrogen and oxygen atoms in total. The van der Waals surface area contributed by atoms with Crippen molar-refractivity contribution in [1.29, 1.82) is 0 Å². The van der Waals surface area contributed by atoms with Crippen molar-refractivity contribution < 1.29 is 38.5 Å². The van der Waals surface area contributed by atoms with Gasteiger partial charge >= 0.3 is 12.0 Å². The summed E-state index contributed by atoms with van der Waals surface area (Å²) in [6.07, 6.45) is -0.755. The molecule has 0 aromatic heterocycles. The van der Waals surface area contributed by atoms with E-state index in [1.165, 1.54) is 25.0 Å². The van der Waals surface area contributed by atoms with Crippen molar-refractivity contribution in [2.45, 2.75) is 19.4 Å². The first-order valence-electron chi connectivity index (χ1n) is 9.33. The van der Waals surface area contributed by atoms with Crippen LogP contribution < -0.4 is 20.3 Å². The Morgan fingerprint density at radius 1 is 1.27 bits per heavy atom. The van der Waals surface area contributed by atoms with Crippen LogP contribution in [-0.2, 0) is 19.1 Å². The Morgan fingerprint density at radius 3 is 2.70 bits per heavy atom. The number of rotatable bonds is 11. The Kier molecular flexibility index (Phi) is 8.56. The van der Waals surface area contributed by atoms with E-state index in [0.717, 1.165) is 0 Å². The van der Waals surface area contributed by atoms with Crippen molar-refractivity contribution in [3.8, 4) is 5.75 Å². The van der Waals surface area contributed by atoms with Crippen LogP contribution in [0.25, 0.3) is 0 Å². The van der Waals surface area contributed by atoms with Crippen LogP contribution in [0.15, 0.2) is 18.2 Å². The molecule has 1 aromatic carbocycles. The van der Waals surface area contributed by atoms with Gasteiger partial charge in [-0.05, 0) is 25.1 Å². The molecule has 0 radical (unpaired) electrons. The van der Waals surface area contributed by atoms with Crippen molar-refractivity contribution in [3.63, 3.8) is 0 Å². The Balaban J connectivity index is 1.85. The second kappa shape index (κ2) is 11.1. The number of urea groups is 1. The average molecular weight is 423 g/mol. The van der Waals surface area contributed by atoms with Crippen LogP contribution in [0.1, 0.15) is 23.7 Å². The summed E-state index contributed by atoms with van der Waals surface area (Å²) in [6, 6.07) is 4.08. The number of carbonyl (C=O) groups excluding carboxylic acids is 3. The van der Waals surface area contributed by atoms with Gasteiger partial charge in [-0.2, -0.15) is 0 Å². The van der Waals surface area contributed by atoms with Gasteiger partial charge in [0.15, 0.2) is 6.10 Å². The van der Waals surface area contributed by atoms with E-state index in [4.69, 9.17) is 19.3 Å². The lowest BCUT2D eigenvalue weighted by Crippen LogP contribution is -2.49. The lowest BCUT2D eigenvalue weighted by atomic mass is 10.1. The van der Waals surface area contributed by atoms with Gasteiger partial charge in [0.25, 0.3) is 5.91 Å². The number of ether oxygens (including phenoxy) is 3. The molecule has 1 heterocycles. The number of benzene rings is 1. The highest BCUT2D eigenvalue weighted by atomic mass is 16.5. The second-order valence-electron chi connectivity index (χ2n) is 6.36. The fourth-order valence-corrected chi connectivity index (χ4v) is 2.63. The monoisotopic (exact) mass is 423 g/mol. The predicted molar refractivity (Wildman–Crippen MR) is 105 cm³/mol. The molecule has 30 heavy (non-hydrogen) atoms. The van der Waals surface area contributed by atoms with Gasteiger partial charge < -0.3 is 24.6 Å². The number of amides is 4. The van der Waals surface area contributed by atoms with E-state index in [1.807, 2.05) is 0 Å². The van der Waals surface area contributed by atoms with Gasteiger partial charge in [0.05, 0.1) is 32.6 Å². The molecule has 1 saturated heterocycles. The smallest absolute Gasteiger partial charge is 0.332 e. The largest absolute Gasteiger partial charge is 0.495 e. The summed E-state index contributed by atoms with van der Waals surface area (Å²) < 4.78 is 15.6. The third kappa shape index (κ3) is 6.42. The molecule has 1 fully saturated rings. The van der Waals surface area contributed by atoms with E-state index in [-0.39, 0.29) is 51.1 Å². The molecule has 0 bridgehead atoms. The normalized spacial score (nSPS) is 14.8. The molecule has 1 unspecified atom stereocenters. The zero-order valence-electron chi connectivity index (χ0n) is 16.8. The first-order chi connectivity index (χ1) is 14.3. The molecule has 3 N–H and O–H groups in total. The number of imide groups is 1. The number of nitrogens with zero attached hydrogens (tertiary/aromatic N) is 1. The van der Waals surface area contributed by atoms with Gasteiger partial charge in [-0.1, -0.05) is 0 Å². The van der Waals surface area contributed by atoms with Crippen LogP contribution in [0.3, 0.4) is 0 Å². The first-order valence-corrected chi connectivity index (χ1v) is 9.33. The Hall–Kier alpha value is -3.18. The molecular formula is C19H25N3O8. The second-order valence-corrected chi connectivity index (χ2v) is 6.36. The summed E-state index contributed by atoms with van der Waals surface area (Å²) in [6.45, 7) is 2.38. The Labute approximate surface area is 173 Å². The van der Waals surface area contributed by atoms with Crippen molar-refractivity contribution in [1.82, 2.24) is 10.6 Å². The highest BCUT2D eigenvalue weighted by Crippen LogP contribution is 2.30. The average Bonchev–Trinajstić information content (AvgIpc) is 2.72. The molecule has 1 atom stereocenters. The zero-order chi connectivity index (χ0) is 22.1. The molecule has 0 spiro atoms. The van der Waals surface area contributed by atoms with Gasteiger partial charge in [-0.15, -0.1) is 0 Å². The molecule has 0 saturated carbocycles. The van der Waals surface area contributed by atoms with Crippen molar-refractivity contribution in [2.24, 2.45) is 0 Å². The van der Waals surface area contributed by atoms with E-state index < -0.39 is 18.1 Å². The van der Waals surface area contributed by atoms with Crippen molar-refractivity contribution in [3.05, 3.63) is 23.8 Å². The van der Waals surface area contributed by atoms with Crippen molar-refractivity contribution in [2.75, 3.05) is 44.9 Å². The topological polar surface area (TPSA) is 144 Å². The molecule has 1 aromatic rings. The van der Waals surface area contributed by atoms with E-state index in [9.17, 15) is 19.2 Å². The van der Waals surface area contributed by atoms with Crippen LogP contribution in [0, 0.1) is 0 Å².